The molecule has 0 aliphatic heterocycles. The van der Waals surface area contributed by atoms with Crippen LogP contribution in [-0.4, -0.2) is 39.8 Å². The van der Waals surface area contributed by atoms with Gasteiger partial charge in [0.1, 0.15) is 0 Å². The number of aliphatic carboxylic acids is 1. The van der Waals surface area contributed by atoms with Crippen molar-refractivity contribution >= 4 is 23.3 Å². The first-order valence-electron chi connectivity index (χ1n) is 4.81. The van der Waals surface area contributed by atoms with Crippen LogP contribution in [0.4, 0.5) is 4.79 Å². The maximum absolute atomic E-state index is 11.3. The normalized spacial score (nSPS) is 11.9. The van der Waals surface area contributed by atoms with Crippen molar-refractivity contribution in [1.82, 2.24) is 15.6 Å². The average Bonchev–Trinajstić information content (AvgIpc) is 2.68. The van der Waals surface area contributed by atoms with Crippen molar-refractivity contribution in [2.75, 3.05) is 6.61 Å². The third kappa shape index (κ3) is 4.00. The fourth-order valence-electron chi connectivity index (χ4n) is 1.05. The molecule has 0 saturated carbocycles. The van der Waals surface area contributed by atoms with Gasteiger partial charge >= 0.3 is 12.0 Å². The Bertz CT molecular complexity index is 407. The van der Waals surface area contributed by atoms with Crippen molar-refractivity contribution in [3.63, 3.8) is 0 Å². The lowest BCUT2D eigenvalue weighted by molar-refractivity contribution is -0.140. The smallest absolute Gasteiger partial charge is 0.328 e. The van der Waals surface area contributed by atoms with E-state index in [9.17, 15) is 9.59 Å². The molecule has 0 unspecified atom stereocenters. The van der Waals surface area contributed by atoms with Gasteiger partial charge in [-0.15, -0.1) is 11.3 Å². The molecule has 0 fully saturated rings. The van der Waals surface area contributed by atoms with E-state index in [4.69, 9.17) is 10.2 Å². The molecule has 0 aliphatic carbocycles. The number of amides is 2. The minimum absolute atomic E-state index is 0.278. The molecule has 94 valence electrons. The molecule has 1 aromatic rings. The van der Waals surface area contributed by atoms with Crippen LogP contribution in [0.15, 0.2) is 5.51 Å². The van der Waals surface area contributed by atoms with Crippen molar-refractivity contribution in [3.05, 3.63) is 16.1 Å². The molecule has 0 bridgehead atoms. The first-order chi connectivity index (χ1) is 8.04. The molecule has 1 heterocycles. The van der Waals surface area contributed by atoms with Crippen LogP contribution < -0.4 is 10.6 Å². The topological polar surface area (TPSA) is 112 Å². The summed E-state index contributed by atoms with van der Waals surface area (Å²) < 4.78 is 0. The van der Waals surface area contributed by atoms with Crippen molar-refractivity contribution < 1.29 is 19.8 Å². The number of thiazole rings is 1. The fraction of sp³-hybridized carbons (Fsp3) is 0.444. The molecule has 0 saturated heterocycles. The Morgan fingerprint density at radius 2 is 2.29 bits per heavy atom. The number of rotatable bonds is 5. The largest absolute Gasteiger partial charge is 0.480 e. The van der Waals surface area contributed by atoms with E-state index < -0.39 is 24.6 Å². The Morgan fingerprint density at radius 3 is 2.76 bits per heavy atom. The lowest BCUT2D eigenvalue weighted by Crippen LogP contribution is -2.47. The van der Waals surface area contributed by atoms with Gasteiger partial charge in [0.25, 0.3) is 0 Å². The third-order valence-electron chi connectivity index (χ3n) is 2.04. The Kier molecular flexibility index (Phi) is 4.85. The summed E-state index contributed by atoms with van der Waals surface area (Å²) in [6, 6.07) is -1.93. The fourth-order valence-corrected chi connectivity index (χ4v) is 1.77. The SMILES string of the molecule is Cc1ncsc1CNC(=O)N[C@H](CO)C(=O)O. The number of aryl methyl sites for hydroxylation is 1. The van der Waals surface area contributed by atoms with Crippen molar-refractivity contribution in [2.24, 2.45) is 0 Å². The van der Waals surface area contributed by atoms with E-state index in [0.717, 1.165) is 10.6 Å². The van der Waals surface area contributed by atoms with Crippen molar-refractivity contribution in [2.45, 2.75) is 19.5 Å². The minimum atomic E-state index is -1.29. The van der Waals surface area contributed by atoms with Gasteiger partial charge in [-0.05, 0) is 6.92 Å². The average molecular weight is 259 g/mol. The highest BCUT2D eigenvalue weighted by Crippen LogP contribution is 2.10. The van der Waals surface area contributed by atoms with Gasteiger partial charge in [0.05, 0.1) is 24.4 Å². The molecule has 0 aromatic carbocycles. The van der Waals surface area contributed by atoms with Gasteiger partial charge in [-0.1, -0.05) is 0 Å². The number of aliphatic hydroxyl groups is 1. The monoisotopic (exact) mass is 259 g/mol. The Balaban J connectivity index is 2.40. The molecule has 7 nitrogen and oxygen atoms in total. The maximum Gasteiger partial charge on any atom is 0.328 e. The van der Waals surface area contributed by atoms with Gasteiger partial charge in [-0.25, -0.2) is 14.6 Å². The summed E-state index contributed by atoms with van der Waals surface area (Å²) in [4.78, 5) is 26.8. The number of aliphatic hydroxyl groups excluding tert-OH is 1. The van der Waals surface area contributed by atoms with Gasteiger partial charge in [-0.3, -0.25) is 0 Å². The standard InChI is InChI=1S/C9H13N3O4S/c1-5-7(17-4-11-5)2-10-9(16)12-6(3-13)8(14)15/h4,6,13H,2-3H2,1H3,(H,14,15)(H2,10,12,16)/t6-/m1/s1. The van der Waals surface area contributed by atoms with E-state index in [0.29, 0.717) is 0 Å². The molecule has 17 heavy (non-hydrogen) atoms. The first-order valence-corrected chi connectivity index (χ1v) is 5.69. The quantitative estimate of drug-likeness (QED) is 0.580. The highest BCUT2D eigenvalue weighted by atomic mass is 32.1. The number of aromatic nitrogens is 1. The second-order valence-corrected chi connectivity index (χ2v) is 4.20. The summed E-state index contributed by atoms with van der Waals surface area (Å²) in [7, 11) is 0. The minimum Gasteiger partial charge on any atom is -0.480 e. The number of carbonyl (C=O) groups is 2. The van der Waals surface area contributed by atoms with Crippen LogP contribution in [0.3, 0.4) is 0 Å². The molecule has 0 aliphatic rings. The molecule has 1 atom stereocenters. The Labute approximate surface area is 101 Å². The van der Waals surface area contributed by atoms with Gasteiger partial charge < -0.3 is 20.8 Å². The summed E-state index contributed by atoms with van der Waals surface area (Å²) in [6.07, 6.45) is 0. The van der Waals surface area contributed by atoms with Crippen molar-refractivity contribution in [1.29, 1.82) is 0 Å². The predicted octanol–water partition coefficient (Wildman–Crippen LogP) is -0.304. The number of hydrogen-bond donors (Lipinski definition) is 4. The van der Waals surface area contributed by atoms with Gasteiger partial charge in [0.2, 0.25) is 0 Å². The van der Waals surface area contributed by atoms with Gasteiger partial charge in [0.15, 0.2) is 6.04 Å². The number of nitrogens with one attached hydrogen (secondary N) is 2. The van der Waals surface area contributed by atoms with Crippen LogP contribution in [0.5, 0.6) is 0 Å². The first kappa shape index (κ1) is 13.4. The van der Waals surface area contributed by atoms with E-state index in [1.807, 2.05) is 6.92 Å². The van der Waals surface area contributed by atoms with Gasteiger partial charge in [-0.2, -0.15) is 0 Å². The summed E-state index contributed by atoms with van der Waals surface area (Å²) in [5.41, 5.74) is 2.49. The van der Waals surface area contributed by atoms with Crippen molar-refractivity contribution in [3.8, 4) is 0 Å². The summed E-state index contributed by atoms with van der Waals surface area (Å²) in [5.74, 6) is -1.28. The lowest BCUT2D eigenvalue weighted by atomic mass is 10.3. The van der Waals surface area contributed by atoms with Crippen LogP contribution >= 0.6 is 11.3 Å². The zero-order valence-electron chi connectivity index (χ0n) is 9.14. The highest BCUT2D eigenvalue weighted by Gasteiger charge is 2.18. The van der Waals surface area contributed by atoms with Crippen LogP contribution in [0.2, 0.25) is 0 Å². The Morgan fingerprint density at radius 1 is 1.59 bits per heavy atom. The lowest BCUT2D eigenvalue weighted by Gasteiger charge is -2.12. The second-order valence-electron chi connectivity index (χ2n) is 3.26. The molecule has 2 amide bonds. The summed E-state index contributed by atoms with van der Waals surface area (Å²) in [6.45, 7) is 1.45. The number of urea groups is 1. The second kappa shape index (κ2) is 6.16. The molecular formula is C9H13N3O4S. The molecule has 1 aromatic heterocycles. The molecule has 1 rings (SSSR count). The zero-order valence-corrected chi connectivity index (χ0v) is 9.95. The summed E-state index contributed by atoms with van der Waals surface area (Å²) >= 11 is 1.40. The molecule has 0 spiro atoms. The molecule has 8 heteroatoms. The van der Waals surface area contributed by atoms with Crippen LogP contribution in [0, 0.1) is 6.92 Å². The van der Waals surface area contributed by atoms with Crippen LogP contribution in [0.25, 0.3) is 0 Å². The van der Waals surface area contributed by atoms with E-state index in [2.05, 4.69) is 15.6 Å². The molecular weight excluding hydrogens is 246 g/mol. The molecule has 0 radical (unpaired) electrons. The molecule has 4 N–H and O–H groups in total. The number of hydrogen-bond acceptors (Lipinski definition) is 5. The predicted molar refractivity (Wildman–Crippen MR) is 60.7 cm³/mol. The zero-order chi connectivity index (χ0) is 12.8. The third-order valence-corrected chi connectivity index (χ3v) is 2.98. The van der Waals surface area contributed by atoms with E-state index in [1.54, 1.807) is 5.51 Å². The van der Waals surface area contributed by atoms with E-state index >= 15 is 0 Å². The van der Waals surface area contributed by atoms with E-state index in [-0.39, 0.29) is 6.54 Å². The number of nitrogens with zero attached hydrogens (tertiary/aromatic N) is 1. The number of carboxylic acids is 1. The van der Waals surface area contributed by atoms with E-state index in [1.165, 1.54) is 11.3 Å². The number of carboxylic acid groups (broad SMARTS) is 1. The number of carbonyl (C=O) groups excluding carboxylic acids is 1. The van der Waals surface area contributed by atoms with Crippen LogP contribution in [-0.2, 0) is 11.3 Å². The Hall–Kier alpha value is -1.67. The highest BCUT2D eigenvalue weighted by molar-refractivity contribution is 7.09. The van der Waals surface area contributed by atoms with Crippen LogP contribution in [0.1, 0.15) is 10.6 Å². The maximum atomic E-state index is 11.3. The summed E-state index contributed by atoms with van der Waals surface area (Å²) in [5, 5.41) is 21.9. The van der Waals surface area contributed by atoms with Gasteiger partial charge in [0, 0.05) is 4.88 Å².